The number of hydrogen-bond acceptors (Lipinski definition) is 9. The van der Waals surface area contributed by atoms with Gasteiger partial charge in [-0.1, -0.05) is 48.5 Å². The standard InChI is InChI=1S/C32H44N2O9/c1-32(2,3)43-29(36)13-12-28(30(37)33-14-16-39-18-20-41-21-19-40-17-15-35)34-31(38)42-22-27-25-10-6-4-8-23(25)24-9-5-7-11-26(24)27/h4-11,27-28,35H,12-22H2,1-3H3,(H,33,37)(H,34,38). The lowest BCUT2D eigenvalue weighted by Crippen LogP contribution is -2.48. The van der Waals surface area contributed by atoms with Crippen molar-refractivity contribution in [2.75, 3.05) is 59.4 Å². The molecule has 236 valence electrons. The molecule has 0 spiro atoms. The van der Waals surface area contributed by atoms with Crippen molar-refractivity contribution in [2.45, 2.75) is 51.2 Å². The van der Waals surface area contributed by atoms with Gasteiger partial charge < -0.3 is 39.4 Å². The van der Waals surface area contributed by atoms with Crippen LogP contribution in [0.2, 0.25) is 0 Å². The van der Waals surface area contributed by atoms with Crippen LogP contribution in [0.4, 0.5) is 4.79 Å². The zero-order valence-corrected chi connectivity index (χ0v) is 25.3. The summed E-state index contributed by atoms with van der Waals surface area (Å²) in [5, 5.41) is 14.0. The summed E-state index contributed by atoms with van der Waals surface area (Å²) in [6.07, 6.45) is -0.769. The molecule has 3 rings (SSSR count). The minimum atomic E-state index is -1.01. The maximum atomic E-state index is 13.0. The van der Waals surface area contributed by atoms with E-state index in [9.17, 15) is 14.4 Å². The summed E-state index contributed by atoms with van der Waals surface area (Å²) in [4.78, 5) is 38.2. The third-order valence-electron chi connectivity index (χ3n) is 6.53. The number of esters is 1. The molecule has 0 radical (unpaired) electrons. The zero-order valence-electron chi connectivity index (χ0n) is 25.3. The van der Waals surface area contributed by atoms with Gasteiger partial charge in [0.1, 0.15) is 18.2 Å². The van der Waals surface area contributed by atoms with Gasteiger partial charge in [-0.15, -0.1) is 0 Å². The SMILES string of the molecule is CC(C)(C)OC(=O)CCC(NC(=O)OCC1c2ccccc2-c2ccccc21)C(=O)NCCOCCOCCOCCO. The first-order valence-electron chi connectivity index (χ1n) is 14.6. The first kappa shape index (κ1) is 34.0. The molecule has 1 unspecified atom stereocenters. The largest absolute Gasteiger partial charge is 0.460 e. The Morgan fingerprint density at radius 2 is 1.40 bits per heavy atom. The molecule has 0 fully saturated rings. The Kier molecular flexibility index (Phi) is 13.9. The number of hydrogen-bond donors (Lipinski definition) is 3. The summed E-state index contributed by atoms with van der Waals surface area (Å²) in [6.45, 7) is 7.54. The number of carbonyl (C=O) groups is 3. The quantitative estimate of drug-likeness (QED) is 0.174. The molecular formula is C32H44N2O9. The van der Waals surface area contributed by atoms with E-state index in [2.05, 4.69) is 22.8 Å². The fourth-order valence-corrected chi connectivity index (χ4v) is 4.68. The first-order valence-corrected chi connectivity index (χ1v) is 14.6. The molecule has 2 aromatic carbocycles. The van der Waals surface area contributed by atoms with Gasteiger partial charge in [-0.3, -0.25) is 9.59 Å². The van der Waals surface area contributed by atoms with Crippen LogP contribution in [0, 0.1) is 0 Å². The maximum Gasteiger partial charge on any atom is 0.407 e. The van der Waals surface area contributed by atoms with Gasteiger partial charge in [0.2, 0.25) is 5.91 Å². The predicted octanol–water partition coefficient (Wildman–Crippen LogP) is 3.17. The Balaban J connectivity index is 1.48. The molecule has 43 heavy (non-hydrogen) atoms. The summed E-state index contributed by atoms with van der Waals surface area (Å²) in [5.74, 6) is -1.05. The number of fused-ring (bicyclic) bond motifs is 3. The highest BCUT2D eigenvalue weighted by Crippen LogP contribution is 2.44. The van der Waals surface area contributed by atoms with Gasteiger partial charge in [-0.2, -0.15) is 0 Å². The van der Waals surface area contributed by atoms with Crippen molar-refractivity contribution in [1.82, 2.24) is 10.6 Å². The van der Waals surface area contributed by atoms with Gasteiger partial charge >= 0.3 is 12.1 Å². The van der Waals surface area contributed by atoms with E-state index < -0.39 is 29.6 Å². The Morgan fingerprint density at radius 3 is 1.98 bits per heavy atom. The Bertz CT molecular complexity index is 1140. The predicted molar refractivity (Wildman–Crippen MR) is 160 cm³/mol. The van der Waals surface area contributed by atoms with Crippen LogP contribution in [0.1, 0.15) is 50.7 Å². The molecule has 0 saturated carbocycles. The highest BCUT2D eigenvalue weighted by atomic mass is 16.6. The summed E-state index contributed by atoms with van der Waals surface area (Å²) in [6, 6.07) is 15.0. The van der Waals surface area contributed by atoms with Crippen molar-refractivity contribution in [3.63, 3.8) is 0 Å². The number of aliphatic hydroxyl groups excluding tert-OH is 1. The minimum absolute atomic E-state index is 0.0299. The van der Waals surface area contributed by atoms with Crippen molar-refractivity contribution in [2.24, 2.45) is 0 Å². The highest BCUT2D eigenvalue weighted by molar-refractivity contribution is 5.86. The van der Waals surface area contributed by atoms with Gasteiger partial charge in [0, 0.05) is 18.9 Å². The van der Waals surface area contributed by atoms with E-state index in [1.807, 2.05) is 36.4 Å². The Morgan fingerprint density at radius 1 is 0.837 bits per heavy atom. The molecule has 2 aromatic rings. The number of nitrogens with one attached hydrogen (secondary N) is 2. The van der Waals surface area contributed by atoms with Crippen LogP contribution >= 0.6 is 0 Å². The molecule has 0 aromatic heterocycles. The molecular weight excluding hydrogens is 556 g/mol. The van der Waals surface area contributed by atoms with Gasteiger partial charge in [0.15, 0.2) is 0 Å². The van der Waals surface area contributed by atoms with Crippen LogP contribution in [0.3, 0.4) is 0 Å². The normalized spacial score (nSPS) is 13.1. The summed E-state index contributed by atoms with van der Waals surface area (Å²) in [5.41, 5.74) is 3.72. The number of ether oxygens (including phenoxy) is 5. The summed E-state index contributed by atoms with van der Waals surface area (Å²) in [7, 11) is 0. The molecule has 1 aliphatic rings. The number of alkyl carbamates (subject to hydrolysis) is 1. The number of carbonyl (C=O) groups excluding carboxylic acids is 3. The lowest BCUT2D eigenvalue weighted by atomic mass is 9.98. The molecule has 0 bridgehead atoms. The Labute approximate surface area is 253 Å². The third-order valence-corrected chi connectivity index (χ3v) is 6.53. The van der Waals surface area contributed by atoms with Crippen molar-refractivity contribution >= 4 is 18.0 Å². The molecule has 2 amide bonds. The topological polar surface area (TPSA) is 142 Å². The fraction of sp³-hybridized carbons (Fsp3) is 0.531. The molecule has 11 nitrogen and oxygen atoms in total. The number of benzene rings is 2. The zero-order chi connectivity index (χ0) is 31.1. The van der Waals surface area contributed by atoms with E-state index >= 15 is 0 Å². The summed E-state index contributed by atoms with van der Waals surface area (Å²) >= 11 is 0. The van der Waals surface area contributed by atoms with Crippen LogP contribution in [-0.4, -0.2) is 94.1 Å². The van der Waals surface area contributed by atoms with Crippen LogP contribution in [0.15, 0.2) is 48.5 Å². The minimum Gasteiger partial charge on any atom is -0.460 e. The number of amides is 2. The van der Waals surface area contributed by atoms with Gasteiger partial charge in [0.25, 0.3) is 0 Å². The third kappa shape index (κ3) is 11.6. The van der Waals surface area contributed by atoms with Gasteiger partial charge in [-0.05, 0) is 49.4 Å². The molecule has 0 aliphatic heterocycles. The summed E-state index contributed by atoms with van der Waals surface area (Å²) < 4.78 is 26.9. The maximum absolute atomic E-state index is 13.0. The monoisotopic (exact) mass is 600 g/mol. The Hall–Kier alpha value is -3.51. The smallest absolute Gasteiger partial charge is 0.407 e. The molecule has 1 atom stereocenters. The highest BCUT2D eigenvalue weighted by Gasteiger charge is 2.30. The first-order chi connectivity index (χ1) is 20.7. The van der Waals surface area contributed by atoms with Gasteiger partial charge in [0.05, 0.1) is 46.2 Å². The van der Waals surface area contributed by atoms with E-state index in [1.165, 1.54) is 0 Å². The molecule has 0 saturated heterocycles. The molecule has 11 heteroatoms. The van der Waals surface area contributed by atoms with Crippen molar-refractivity contribution in [3.05, 3.63) is 59.7 Å². The molecule has 3 N–H and O–H groups in total. The van der Waals surface area contributed by atoms with E-state index in [4.69, 9.17) is 28.8 Å². The van der Waals surface area contributed by atoms with Crippen LogP contribution in [-0.2, 0) is 33.3 Å². The lowest BCUT2D eigenvalue weighted by Gasteiger charge is -2.22. The fourth-order valence-electron chi connectivity index (χ4n) is 4.68. The average molecular weight is 601 g/mol. The van der Waals surface area contributed by atoms with Crippen LogP contribution in [0.5, 0.6) is 0 Å². The lowest BCUT2D eigenvalue weighted by molar-refractivity contribution is -0.155. The second kappa shape index (κ2) is 17.6. The van der Waals surface area contributed by atoms with E-state index in [0.29, 0.717) is 26.4 Å². The molecule has 1 aliphatic carbocycles. The number of aliphatic hydroxyl groups is 1. The van der Waals surface area contributed by atoms with Crippen molar-refractivity contribution in [1.29, 1.82) is 0 Å². The van der Waals surface area contributed by atoms with E-state index in [1.54, 1.807) is 20.8 Å². The van der Waals surface area contributed by atoms with E-state index in [0.717, 1.165) is 22.3 Å². The molecule has 0 heterocycles. The van der Waals surface area contributed by atoms with E-state index in [-0.39, 0.29) is 51.7 Å². The van der Waals surface area contributed by atoms with Gasteiger partial charge in [-0.25, -0.2) is 4.79 Å². The van der Waals surface area contributed by atoms with Crippen LogP contribution in [0.25, 0.3) is 11.1 Å². The van der Waals surface area contributed by atoms with Crippen molar-refractivity contribution in [3.8, 4) is 11.1 Å². The van der Waals surface area contributed by atoms with Crippen LogP contribution < -0.4 is 10.6 Å². The van der Waals surface area contributed by atoms with Crippen molar-refractivity contribution < 1.29 is 43.2 Å². The number of rotatable bonds is 18. The average Bonchev–Trinajstić information content (AvgIpc) is 3.29. The second-order valence-corrected chi connectivity index (χ2v) is 11.0. The second-order valence-electron chi connectivity index (χ2n) is 11.0.